The Kier molecular flexibility index (Phi) is 19.8. The number of nitrogens with zero attached hydrogens (tertiary/aromatic N) is 1. The standard InChI is InChI=1S/C22H51NO12Si2/c1-22(18-24,19-25)23(14-20(26)16-34-10-8-12-36(28-2,29-3)30-4)15-21(27)17-35-11-9-13-37(31-5,32-6)33-7/h20-21,24-27H,8-19H2,1-7H3. The lowest BCUT2D eigenvalue weighted by atomic mass is 10.0. The maximum atomic E-state index is 10.5. The van der Waals surface area contributed by atoms with Gasteiger partial charge in [-0.3, -0.25) is 4.90 Å². The third-order valence-electron chi connectivity index (χ3n) is 6.34. The molecule has 0 aliphatic carbocycles. The van der Waals surface area contributed by atoms with E-state index in [4.69, 9.17) is 36.0 Å². The Labute approximate surface area is 224 Å². The van der Waals surface area contributed by atoms with Crippen LogP contribution in [0.4, 0.5) is 0 Å². The molecule has 0 saturated carbocycles. The molecule has 13 nitrogen and oxygen atoms in total. The van der Waals surface area contributed by atoms with Gasteiger partial charge < -0.3 is 56.5 Å². The lowest BCUT2D eigenvalue weighted by Gasteiger charge is -2.40. The fourth-order valence-electron chi connectivity index (χ4n) is 3.71. The van der Waals surface area contributed by atoms with Crippen molar-refractivity contribution in [2.45, 2.75) is 49.6 Å². The highest BCUT2D eigenvalue weighted by molar-refractivity contribution is 6.60. The normalized spacial score (nSPS) is 14.9. The molecule has 224 valence electrons. The van der Waals surface area contributed by atoms with Gasteiger partial charge in [0, 0.05) is 81.1 Å². The third kappa shape index (κ3) is 13.2. The van der Waals surface area contributed by atoms with Crippen LogP contribution in [0.15, 0.2) is 0 Å². The summed E-state index contributed by atoms with van der Waals surface area (Å²) in [4.78, 5) is 1.65. The van der Waals surface area contributed by atoms with Crippen molar-refractivity contribution in [3.8, 4) is 0 Å². The molecule has 0 heterocycles. The minimum absolute atomic E-state index is 0.0433. The van der Waals surface area contributed by atoms with Gasteiger partial charge in [0.15, 0.2) is 0 Å². The van der Waals surface area contributed by atoms with Crippen LogP contribution in [0.2, 0.25) is 12.1 Å². The Morgan fingerprint density at radius 1 is 0.649 bits per heavy atom. The predicted octanol–water partition coefficient (Wildman–Crippen LogP) is -0.677. The van der Waals surface area contributed by atoms with Crippen LogP contribution in [0.5, 0.6) is 0 Å². The minimum atomic E-state index is -2.67. The topological polar surface area (TPSA) is 158 Å². The van der Waals surface area contributed by atoms with Crippen molar-refractivity contribution in [2.75, 3.05) is 95.4 Å². The van der Waals surface area contributed by atoms with Crippen LogP contribution in [0.25, 0.3) is 0 Å². The highest BCUT2D eigenvalue weighted by atomic mass is 28.4. The largest absolute Gasteiger partial charge is 0.500 e. The van der Waals surface area contributed by atoms with Crippen LogP contribution in [-0.2, 0) is 36.0 Å². The van der Waals surface area contributed by atoms with E-state index in [1.807, 2.05) is 0 Å². The summed E-state index contributed by atoms with van der Waals surface area (Å²) in [5.74, 6) is 0. The van der Waals surface area contributed by atoms with Crippen LogP contribution in [0.1, 0.15) is 19.8 Å². The van der Waals surface area contributed by atoms with Gasteiger partial charge >= 0.3 is 17.6 Å². The van der Waals surface area contributed by atoms with Crippen LogP contribution >= 0.6 is 0 Å². The average Bonchev–Trinajstić information content (AvgIpc) is 2.92. The monoisotopic (exact) mass is 577 g/mol. The summed E-state index contributed by atoms with van der Waals surface area (Å²) >= 11 is 0. The summed E-state index contributed by atoms with van der Waals surface area (Å²) in [6.07, 6.45) is -0.561. The molecule has 0 rings (SSSR count). The Morgan fingerprint density at radius 3 is 1.24 bits per heavy atom. The molecule has 0 amide bonds. The first-order chi connectivity index (χ1) is 17.6. The predicted molar refractivity (Wildman–Crippen MR) is 140 cm³/mol. The summed E-state index contributed by atoms with van der Waals surface area (Å²) < 4.78 is 43.4. The highest BCUT2D eigenvalue weighted by Gasteiger charge is 2.38. The van der Waals surface area contributed by atoms with E-state index in [1.165, 1.54) is 0 Å². The van der Waals surface area contributed by atoms with E-state index in [9.17, 15) is 20.4 Å². The first kappa shape index (κ1) is 36.9. The maximum Gasteiger partial charge on any atom is 0.500 e. The molecule has 0 saturated heterocycles. The van der Waals surface area contributed by atoms with Gasteiger partial charge in [0.1, 0.15) is 0 Å². The van der Waals surface area contributed by atoms with E-state index >= 15 is 0 Å². The van der Waals surface area contributed by atoms with Crippen molar-refractivity contribution >= 4 is 17.6 Å². The Hall–Kier alpha value is -0.0862. The maximum absolute atomic E-state index is 10.5. The molecule has 0 radical (unpaired) electrons. The molecular weight excluding hydrogens is 526 g/mol. The summed E-state index contributed by atoms with van der Waals surface area (Å²) in [7, 11) is 3.96. The summed E-state index contributed by atoms with van der Waals surface area (Å²) in [6.45, 7) is 1.91. The second-order valence-corrected chi connectivity index (χ2v) is 15.2. The van der Waals surface area contributed by atoms with E-state index in [2.05, 4.69) is 0 Å². The quantitative estimate of drug-likeness (QED) is 0.0800. The molecule has 0 aromatic heterocycles. The van der Waals surface area contributed by atoms with Gasteiger partial charge in [0.05, 0.1) is 44.2 Å². The first-order valence-electron chi connectivity index (χ1n) is 12.4. The van der Waals surface area contributed by atoms with Gasteiger partial charge in [-0.25, -0.2) is 0 Å². The zero-order valence-electron chi connectivity index (χ0n) is 23.6. The van der Waals surface area contributed by atoms with Gasteiger partial charge in [-0.1, -0.05) is 0 Å². The van der Waals surface area contributed by atoms with Crippen molar-refractivity contribution in [2.24, 2.45) is 0 Å². The minimum Gasteiger partial charge on any atom is -0.394 e. The fraction of sp³-hybridized carbons (Fsp3) is 1.00. The van der Waals surface area contributed by atoms with E-state index in [0.29, 0.717) is 38.1 Å². The molecular formula is C22H51NO12Si2. The van der Waals surface area contributed by atoms with E-state index < -0.39 is 35.4 Å². The second kappa shape index (κ2) is 19.9. The van der Waals surface area contributed by atoms with Crippen molar-refractivity contribution in [1.29, 1.82) is 0 Å². The Morgan fingerprint density at radius 2 is 0.973 bits per heavy atom. The van der Waals surface area contributed by atoms with Gasteiger partial charge in [-0.15, -0.1) is 0 Å². The van der Waals surface area contributed by atoms with Gasteiger partial charge in [-0.05, 0) is 19.8 Å². The third-order valence-corrected chi connectivity index (χ3v) is 12.0. The highest BCUT2D eigenvalue weighted by Crippen LogP contribution is 2.18. The zero-order chi connectivity index (χ0) is 28.4. The van der Waals surface area contributed by atoms with Crippen molar-refractivity contribution in [1.82, 2.24) is 4.90 Å². The second-order valence-electron chi connectivity index (χ2n) is 8.97. The lowest BCUT2D eigenvalue weighted by molar-refractivity contribution is -0.0686. The molecule has 37 heavy (non-hydrogen) atoms. The van der Waals surface area contributed by atoms with Crippen molar-refractivity contribution in [3.63, 3.8) is 0 Å². The first-order valence-corrected chi connectivity index (χ1v) is 16.2. The molecule has 0 bridgehead atoms. The Balaban J connectivity index is 4.66. The summed E-state index contributed by atoms with van der Waals surface area (Å²) in [5.41, 5.74) is -1.05. The molecule has 0 aromatic carbocycles. The van der Waals surface area contributed by atoms with Gasteiger partial charge in [0.2, 0.25) is 0 Å². The number of aliphatic hydroxyl groups is 4. The molecule has 0 aromatic rings. The van der Waals surface area contributed by atoms with Crippen LogP contribution < -0.4 is 0 Å². The van der Waals surface area contributed by atoms with Crippen LogP contribution in [-0.4, -0.2) is 156 Å². The number of β-amino-alcohol motifs (C(OH)–C–C–N with tert-alkyl or cyclic N) is 2. The zero-order valence-corrected chi connectivity index (χ0v) is 25.6. The van der Waals surface area contributed by atoms with E-state index in [1.54, 1.807) is 54.5 Å². The van der Waals surface area contributed by atoms with Crippen LogP contribution in [0, 0.1) is 0 Å². The SMILES string of the molecule is CO[Si](CCCOCC(O)CN(CC(O)COCCC[Si](OC)(OC)OC)C(C)(CO)CO)(OC)OC. The van der Waals surface area contributed by atoms with E-state index in [0.717, 1.165) is 0 Å². The van der Waals surface area contributed by atoms with Crippen LogP contribution in [0.3, 0.4) is 0 Å². The van der Waals surface area contributed by atoms with Gasteiger partial charge in [0.25, 0.3) is 0 Å². The van der Waals surface area contributed by atoms with Gasteiger partial charge in [-0.2, -0.15) is 0 Å². The smallest absolute Gasteiger partial charge is 0.394 e. The molecule has 15 heteroatoms. The molecule has 2 unspecified atom stereocenters. The molecule has 0 aliphatic rings. The number of aliphatic hydroxyl groups excluding tert-OH is 4. The molecule has 2 atom stereocenters. The number of hydrogen-bond acceptors (Lipinski definition) is 13. The summed E-state index contributed by atoms with van der Waals surface area (Å²) in [5, 5.41) is 40.8. The fourth-order valence-corrected chi connectivity index (χ4v) is 7.09. The van der Waals surface area contributed by atoms with E-state index in [-0.39, 0.29) is 39.5 Å². The number of ether oxygens (including phenoxy) is 2. The van der Waals surface area contributed by atoms with Crippen molar-refractivity contribution < 1.29 is 56.5 Å². The lowest BCUT2D eigenvalue weighted by Crippen LogP contribution is -2.57. The average molecular weight is 578 g/mol. The summed E-state index contributed by atoms with van der Waals surface area (Å²) in [6, 6.07) is 1.15. The molecule has 0 spiro atoms. The Bertz CT molecular complexity index is 499. The number of hydrogen-bond donors (Lipinski definition) is 4. The molecule has 0 aliphatic heterocycles. The molecule has 0 fully saturated rings. The van der Waals surface area contributed by atoms with Crippen molar-refractivity contribution in [3.05, 3.63) is 0 Å². The number of rotatable bonds is 25. The molecule has 4 N–H and O–H groups in total.